The summed E-state index contributed by atoms with van der Waals surface area (Å²) in [7, 11) is 1.35. The van der Waals surface area contributed by atoms with Gasteiger partial charge in [0.1, 0.15) is 17.2 Å². The predicted octanol–water partition coefficient (Wildman–Crippen LogP) is 6.26. The fourth-order valence-electron chi connectivity index (χ4n) is 2.88. The van der Waals surface area contributed by atoms with E-state index >= 15 is 0 Å². The first-order valence-corrected chi connectivity index (χ1v) is 10.0. The number of nitrogens with one attached hydrogen (secondary N) is 1. The SMILES string of the molecule is CN(C(=O)Nc1ccc(Oc2ccnc(-c3nnco3)c2)cc1)c1ccc(Cl)c(C(F)(F)F)c1. The van der Waals surface area contributed by atoms with Crippen LogP contribution in [0.3, 0.4) is 0 Å². The van der Waals surface area contributed by atoms with Gasteiger partial charge in [-0.2, -0.15) is 13.2 Å². The van der Waals surface area contributed by atoms with Gasteiger partial charge >= 0.3 is 12.2 Å². The molecule has 0 saturated heterocycles. The van der Waals surface area contributed by atoms with Gasteiger partial charge in [-0.25, -0.2) is 4.79 Å². The third-order valence-corrected chi connectivity index (χ3v) is 4.93. The Morgan fingerprint density at radius 1 is 1.09 bits per heavy atom. The number of hydrogen-bond donors (Lipinski definition) is 1. The van der Waals surface area contributed by atoms with Crippen LogP contribution in [0.2, 0.25) is 5.02 Å². The highest BCUT2D eigenvalue weighted by molar-refractivity contribution is 6.31. The fourth-order valence-corrected chi connectivity index (χ4v) is 3.11. The molecule has 4 rings (SSSR count). The number of alkyl halides is 3. The minimum atomic E-state index is -4.64. The molecule has 12 heteroatoms. The van der Waals surface area contributed by atoms with Crippen molar-refractivity contribution in [2.75, 3.05) is 17.3 Å². The Morgan fingerprint density at radius 3 is 2.53 bits per heavy atom. The Balaban J connectivity index is 1.42. The van der Waals surface area contributed by atoms with Crippen LogP contribution in [-0.2, 0) is 6.18 Å². The van der Waals surface area contributed by atoms with Crippen LogP contribution in [0.5, 0.6) is 11.5 Å². The zero-order valence-electron chi connectivity index (χ0n) is 17.4. The molecule has 0 bridgehead atoms. The van der Waals surface area contributed by atoms with Crippen LogP contribution >= 0.6 is 11.6 Å². The lowest BCUT2D eigenvalue weighted by atomic mass is 10.2. The molecule has 0 saturated carbocycles. The molecule has 34 heavy (non-hydrogen) atoms. The average Bonchev–Trinajstić information content (AvgIpc) is 3.35. The summed E-state index contributed by atoms with van der Waals surface area (Å²) in [4.78, 5) is 17.7. The Bertz CT molecular complexity index is 1300. The van der Waals surface area contributed by atoms with E-state index in [0.717, 1.165) is 17.0 Å². The lowest BCUT2D eigenvalue weighted by Gasteiger charge is -2.20. The minimum absolute atomic E-state index is 0.0314. The van der Waals surface area contributed by atoms with Crippen molar-refractivity contribution in [1.29, 1.82) is 0 Å². The molecule has 0 radical (unpaired) electrons. The molecule has 2 heterocycles. The fraction of sp³-hybridized carbons (Fsp3) is 0.0909. The van der Waals surface area contributed by atoms with Gasteiger partial charge in [-0.15, -0.1) is 10.2 Å². The summed E-state index contributed by atoms with van der Waals surface area (Å²) < 4.78 is 50.2. The van der Waals surface area contributed by atoms with E-state index in [1.54, 1.807) is 36.4 Å². The molecular formula is C22H15ClF3N5O3. The number of amides is 2. The first kappa shape index (κ1) is 23.1. The molecule has 0 unspecified atom stereocenters. The molecule has 0 fully saturated rings. The molecule has 0 aliphatic rings. The standard InChI is InChI=1S/C22H15ClF3N5O3/c1-31(14-4-7-18(23)17(10-14)22(24,25)26)21(32)29-13-2-5-15(6-3-13)34-16-8-9-27-19(11-16)20-30-28-12-33-20/h2-12H,1H3,(H,29,32). The largest absolute Gasteiger partial charge is 0.457 e. The number of hydrogen-bond acceptors (Lipinski definition) is 6. The van der Waals surface area contributed by atoms with Crippen LogP contribution in [0.25, 0.3) is 11.6 Å². The molecule has 0 aliphatic heterocycles. The van der Waals surface area contributed by atoms with E-state index in [1.807, 2.05) is 0 Å². The van der Waals surface area contributed by atoms with Crippen LogP contribution in [0.4, 0.5) is 29.3 Å². The van der Waals surface area contributed by atoms with Gasteiger partial charge in [0.15, 0.2) is 0 Å². The topological polar surface area (TPSA) is 93.4 Å². The second-order valence-electron chi connectivity index (χ2n) is 6.90. The van der Waals surface area contributed by atoms with Crippen molar-refractivity contribution in [3.05, 3.63) is 77.8 Å². The number of ether oxygens (including phenoxy) is 1. The summed E-state index contributed by atoms with van der Waals surface area (Å²) in [5.74, 6) is 1.19. The van der Waals surface area contributed by atoms with Gasteiger partial charge in [0.25, 0.3) is 5.89 Å². The van der Waals surface area contributed by atoms with Gasteiger partial charge in [0.2, 0.25) is 6.39 Å². The van der Waals surface area contributed by atoms with E-state index in [1.165, 1.54) is 25.7 Å². The van der Waals surface area contributed by atoms with Crippen molar-refractivity contribution in [2.45, 2.75) is 6.18 Å². The highest BCUT2D eigenvalue weighted by Gasteiger charge is 2.34. The van der Waals surface area contributed by atoms with Crippen molar-refractivity contribution in [1.82, 2.24) is 15.2 Å². The highest BCUT2D eigenvalue weighted by atomic mass is 35.5. The average molecular weight is 490 g/mol. The summed E-state index contributed by atoms with van der Waals surface area (Å²) in [5, 5.41) is 9.56. The van der Waals surface area contributed by atoms with Crippen molar-refractivity contribution in [3.63, 3.8) is 0 Å². The van der Waals surface area contributed by atoms with Gasteiger partial charge in [0, 0.05) is 30.7 Å². The van der Waals surface area contributed by atoms with Gasteiger partial charge in [-0.05, 0) is 48.5 Å². The molecule has 0 aliphatic carbocycles. The zero-order chi connectivity index (χ0) is 24.3. The van der Waals surface area contributed by atoms with Gasteiger partial charge in [-0.3, -0.25) is 9.88 Å². The van der Waals surface area contributed by atoms with E-state index in [9.17, 15) is 18.0 Å². The summed E-state index contributed by atoms with van der Waals surface area (Å²) in [6.45, 7) is 0. The number of nitrogens with zero attached hydrogens (tertiary/aromatic N) is 4. The van der Waals surface area contributed by atoms with Gasteiger partial charge in [-0.1, -0.05) is 11.6 Å². The smallest absolute Gasteiger partial charge is 0.417 e. The Kier molecular flexibility index (Phi) is 6.37. The number of pyridine rings is 1. The molecule has 8 nitrogen and oxygen atoms in total. The van der Waals surface area contributed by atoms with Crippen LogP contribution in [0.1, 0.15) is 5.56 Å². The number of anilines is 2. The Hall–Kier alpha value is -4.12. The number of carbonyl (C=O) groups excluding carboxylic acids is 1. The van der Waals surface area contributed by atoms with Crippen LogP contribution in [-0.4, -0.2) is 28.3 Å². The number of urea groups is 1. The molecule has 0 atom stereocenters. The maximum atomic E-state index is 13.1. The monoisotopic (exact) mass is 489 g/mol. The summed E-state index contributed by atoms with van der Waals surface area (Å²) in [5.41, 5.74) is -0.136. The molecule has 0 spiro atoms. The normalized spacial score (nSPS) is 11.2. The summed E-state index contributed by atoms with van der Waals surface area (Å²) >= 11 is 5.64. The van der Waals surface area contributed by atoms with Crippen molar-refractivity contribution >= 4 is 29.0 Å². The lowest BCUT2D eigenvalue weighted by molar-refractivity contribution is -0.137. The van der Waals surface area contributed by atoms with E-state index in [0.29, 0.717) is 22.9 Å². The number of rotatable bonds is 5. The van der Waals surface area contributed by atoms with Crippen LogP contribution in [0.15, 0.2) is 71.6 Å². The van der Waals surface area contributed by atoms with Crippen molar-refractivity contribution in [2.24, 2.45) is 0 Å². The van der Waals surface area contributed by atoms with Gasteiger partial charge in [0.05, 0.1) is 10.6 Å². The third kappa shape index (κ3) is 5.26. The minimum Gasteiger partial charge on any atom is -0.457 e. The number of aromatic nitrogens is 3. The van der Waals surface area contributed by atoms with Crippen LogP contribution < -0.4 is 15.0 Å². The highest BCUT2D eigenvalue weighted by Crippen LogP contribution is 2.37. The number of halogens is 4. The molecular weight excluding hydrogens is 475 g/mol. The van der Waals surface area contributed by atoms with E-state index in [4.69, 9.17) is 20.8 Å². The molecule has 2 aromatic heterocycles. The Morgan fingerprint density at radius 2 is 1.85 bits per heavy atom. The number of benzene rings is 2. The molecule has 4 aromatic rings. The predicted molar refractivity (Wildman–Crippen MR) is 118 cm³/mol. The maximum Gasteiger partial charge on any atom is 0.417 e. The maximum absolute atomic E-state index is 13.1. The molecule has 2 aromatic carbocycles. The van der Waals surface area contributed by atoms with E-state index < -0.39 is 22.8 Å². The first-order chi connectivity index (χ1) is 16.2. The van der Waals surface area contributed by atoms with E-state index in [2.05, 4.69) is 20.5 Å². The quantitative estimate of drug-likeness (QED) is 0.355. The molecule has 1 N–H and O–H groups in total. The van der Waals surface area contributed by atoms with E-state index in [-0.39, 0.29) is 11.6 Å². The third-order valence-electron chi connectivity index (χ3n) is 4.60. The molecule has 174 valence electrons. The first-order valence-electron chi connectivity index (χ1n) is 9.62. The summed E-state index contributed by atoms with van der Waals surface area (Å²) in [6, 6.07) is 12.3. The lowest BCUT2D eigenvalue weighted by Crippen LogP contribution is -2.31. The van der Waals surface area contributed by atoms with Crippen molar-refractivity contribution < 1.29 is 27.1 Å². The second kappa shape index (κ2) is 9.40. The number of carbonyl (C=O) groups is 1. The van der Waals surface area contributed by atoms with Crippen molar-refractivity contribution in [3.8, 4) is 23.1 Å². The second-order valence-corrected chi connectivity index (χ2v) is 7.31. The molecule has 2 amide bonds. The van der Waals surface area contributed by atoms with Gasteiger partial charge < -0.3 is 14.5 Å². The zero-order valence-corrected chi connectivity index (χ0v) is 18.1. The summed E-state index contributed by atoms with van der Waals surface area (Å²) in [6.07, 6.45) is -1.92. The Labute approximate surface area is 196 Å². The van der Waals surface area contributed by atoms with Crippen LogP contribution in [0, 0.1) is 0 Å².